The van der Waals surface area contributed by atoms with Crippen molar-refractivity contribution in [3.05, 3.63) is 71.8 Å². The molecule has 3 rings (SSSR count). The minimum atomic E-state index is -0.210. The maximum absolute atomic E-state index is 12.2. The van der Waals surface area contributed by atoms with E-state index in [9.17, 15) is 15.3 Å². The third-order valence-electron chi connectivity index (χ3n) is 3.94. The minimum absolute atomic E-state index is 0.0830. The van der Waals surface area contributed by atoms with Crippen molar-refractivity contribution >= 4 is 29.2 Å². The molecule has 0 atom stereocenters. The minimum Gasteiger partial charge on any atom is -0.325 e. The van der Waals surface area contributed by atoms with Gasteiger partial charge in [0.2, 0.25) is 5.91 Å². The first-order valence-electron chi connectivity index (χ1n) is 8.36. The molecule has 4 N–H and O–H groups in total. The summed E-state index contributed by atoms with van der Waals surface area (Å²) in [6, 6.07) is 22.5. The van der Waals surface area contributed by atoms with Gasteiger partial charge in [0.1, 0.15) is 23.3 Å². The molecule has 6 nitrogen and oxygen atoms in total. The highest BCUT2D eigenvalue weighted by Crippen LogP contribution is 2.33. The van der Waals surface area contributed by atoms with Crippen LogP contribution >= 0.6 is 11.8 Å². The van der Waals surface area contributed by atoms with Crippen molar-refractivity contribution in [1.29, 1.82) is 10.5 Å². The lowest BCUT2D eigenvalue weighted by Crippen LogP contribution is -2.20. The molecule has 0 aliphatic rings. The Balaban J connectivity index is 1.92. The number of H-pyrrole nitrogens is 1. The van der Waals surface area contributed by atoms with Gasteiger partial charge in [-0.2, -0.15) is 10.5 Å². The standard InChI is InChI=1S/C21H15N5OS/c22-11-16-19(14-7-3-1-4-8-14)17(12-23)21(26-20(16)24)28-13-18(27)25-15-9-5-2-6-10-15/h1-10H,13H2,(H2,24,26)(H,25,27)/p+1. The highest BCUT2D eigenvalue weighted by atomic mass is 32.2. The van der Waals surface area contributed by atoms with Gasteiger partial charge in [-0.15, -0.1) is 0 Å². The van der Waals surface area contributed by atoms with E-state index in [1.807, 2.05) is 48.5 Å². The maximum atomic E-state index is 12.2. The molecule has 2 aromatic carbocycles. The number of carbonyl (C=O) groups excluding carboxylic acids is 1. The number of nitrogens with two attached hydrogens (primary N) is 1. The Bertz CT molecular complexity index is 1090. The van der Waals surface area contributed by atoms with Gasteiger partial charge in [-0.1, -0.05) is 60.3 Å². The van der Waals surface area contributed by atoms with Gasteiger partial charge >= 0.3 is 0 Å². The summed E-state index contributed by atoms with van der Waals surface area (Å²) in [5, 5.41) is 22.5. The molecule has 3 aromatic rings. The van der Waals surface area contributed by atoms with Crippen LogP contribution in [-0.2, 0) is 4.79 Å². The Morgan fingerprint density at radius 2 is 1.61 bits per heavy atom. The monoisotopic (exact) mass is 386 g/mol. The quantitative estimate of drug-likeness (QED) is 0.653. The summed E-state index contributed by atoms with van der Waals surface area (Å²) in [5.41, 5.74) is 8.39. The fourth-order valence-electron chi connectivity index (χ4n) is 2.70. The summed E-state index contributed by atoms with van der Waals surface area (Å²) in [4.78, 5) is 15.1. The average molecular weight is 386 g/mol. The summed E-state index contributed by atoms with van der Waals surface area (Å²) in [6.07, 6.45) is 0. The Morgan fingerprint density at radius 1 is 1.00 bits per heavy atom. The molecular weight excluding hydrogens is 370 g/mol. The van der Waals surface area contributed by atoms with E-state index in [1.165, 1.54) is 0 Å². The zero-order chi connectivity index (χ0) is 19.9. The van der Waals surface area contributed by atoms with Crippen LogP contribution in [0.2, 0.25) is 0 Å². The van der Waals surface area contributed by atoms with Gasteiger partial charge in [-0.05, 0) is 17.7 Å². The molecule has 136 valence electrons. The number of amides is 1. The zero-order valence-corrected chi connectivity index (χ0v) is 15.6. The van der Waals surface area contributed by atoms with Crippen LogP contribution < -0.4 is 16.0 Å². The number of aromatic amines is 1. The molecule has 0 spiro atoms. The second kappa shape index (κ2) is 8.72. The van der Waals surface area contributed by atoms with Crippen molar-refractivity contribution in [2.45, 2.75) is 5.03 Å². The van der Waals surface area contributed by atoms with Gasteiger partial charge in [0.15, 0.2) is 5.03 Å². The van der Waals surface area contributed by atoms with Crippen LogP contribution in [0.4, 0.5) is 11.5 Å². The molecular formula is C21H16N5OS+. The number of nitrogens with zero attached hydrogens (tertiary/aromatic N) is 2. The lowest BCUT2D eigenvalue weighted by Gasteiger charge is -2.10. The number of hydrogen-bond acceptors (Lipinski definition) is 5. The topological polar surface area (TPSA) is 117 Å². The average Bonchev–Trinajstić information content (AvgIpc) is 2.73. The first-order valence-corrected chi connectivity index (χ1v) is 9.34. The van der Waals surface area contributed by atoms with E-state index in [1.54, 1.807) is 12.1 Å². The molecule has 0 radical (unpaired) electrons. The number of nitrogen functional groups attached to an aromatic ring is 1. The van der Waals surface area contributed by atoms with Crippen LogP contribution in [0, 0.1) is 22.7 Å². The van der Waals surface area contributed by atoms with Gasteiger partial charge in [-0.3, -0.25) is 10.5 Å². The van der Waals surface area contributed by atoms with Crippen LogP contribution in [0.1, 0.15) is 11.1 Å². The van der Waals surface area contributed by atoms with Gasteiger partial charge < -0.3 is 5.32 Å². The molecule has 1 heterocycles. The van der Waals surface area contributed by atoms with E-state index in [-0.39, 0.29) is 28.6 Å². The molecule has 0 bridgehead atoms. The van der Waals surface area contributed by atoms with Crippen molar-refractivity contribution < 1.29 is 9.78 Å². The second-order valence-corrected chi connectivity index (χ2v) is 6.77. The number of nitrogens with one attached hydrogen (secondary N) is 2. The molecule has 0 saturated carbocycles. The Kier molecular flexibility index (Phi) is 5.91. The van der Waals surface area contributed by atoms with Gasteiger partial charge in [0.05, 0.1) is 5.75 Å². The molecule has 1 aromatic heterocycles. The smallest absolute Gasteiger partial charge is 0.289 e. The van der Waals surface area contributed by atoms with E-state index < -0.39 is 0 Å². The summed E-state index contributed by atoms with van der Waals surface area (Å²) in [7, 11) is 0. The first kappa shape index (κ1) is 19.0. The molecule has 0 saturated heterocycles. The van der Waals surface area contributed by atoms with Gasteiger partial charge in [-0.25, -0.2) is 4.98 Å². The summed E-state index contributed by atoms with van der Waals surface area (Å²) < 4.78 is 0. The number of rotatable bonds is 5. The Hall–Kier alpha value is -3.81. The number of carbonyl (C=O) groups is 1. The summed E-state index contributed by atoms with van der Waals surface area (Å²) in [5.74, 6) is 0.0311. The molecule has 28 heavy (non-hydrogen) atoms. The zero-order valence-electron chi connectivity index (χ0n) is 14.8. The summed E-state index contributed by atoms with van der Waals surface area (Å²) >= 11 is 1.16. The third kappa shape index (κ3) is 4.12. The number of pyridine rings is 1. The van der Waals surface area contributed by atoms with E-state index in [4.69, 9.17) is 5.73 Å². The number of nitriles is 2. The van der Waals surface area contributed by atoms with E-state index in [0.29, 0.717) is 21.8 Å². The summed E-state index contributed by atoms with van der Waals surface area (Å²) in [6.45, 7) is 0. The predicted molar refractivity (Wildman–Crippen MR) is 108 cm³/mol. The number of para-hydroxylation sites is 1. The maximum Gasteiger partial charge on any atom is 0.289 e. The van der Waals surface area contributed by atoms with Gasteiger partial charge in [0, 0.05) is 11.3 Å². The SMILES string of the molecule is N#Cc1c(N)[nH+]c(SCC(=O)Nc2ccccc2)c(C#N)c1-c1ccccc1. The van der Waals surface area contributed by atoms with Crippen LogP contribution in [-0.4, -0.2) is 11.7 Å². The van der Waals surface area contributed by atoms with Crippen molar-refractivity contribution in [3.63, 3.8) is 0 Å². The number of benzene rings is 2. The molecule has 1 amide bonds. The van der Waals surface area contributed by atoms with Crippen LogP contribution in [0.3, 0.4) is 0 Å². The first-order chi connectivity index (χ1) is 13.6. The highest BCUT2D eigenvalue weighted by Gasteiger charge is 2.24. The number of hydrogen-bond donors (Lipinski definition) is 2. The Labute approximate surface area is 166 Å². The molecule has 0 aliphatic carbocycles. The fourth-order valence-corrected chi connectivity index (χ4v) is 3.52. The molecule has 0 aliphatic heterocycles. The Morgan fingerprint density at radius 3 is 2.21 bits per heavy atom. The van der Waals surface area contributed by atoms with Crippen molar-refractivity contribution in [2.24, 2.45) is 0 Å². The number of aromatic nitrogens is 1. The third-order valence-corrected chi connectivity index (χ3v) is 4.94. The lowest BCUT2D eigenvalue weighted by molar-refractivity contribution is -0.410. The molecule has 0 unspecified atom stereocenters. The highest BCUT2D eigenvalue weighted by molar-refractivity contribution is 7.99. The van der Waals surface area contributed by atoms with E-state index in [0.717, 1.165) is 11.8 Å². The van der Waals surface area contributed by atoms with Crippen LogP contribution in [0.25, 0.3) is 11.1 Å². The number of anilines is 2. The number of thioether (sulfide) groups is 1. The van der Waals surface area contributed by atoms with Gasteiger partial charge in [0.25, 0.3) is 5.82 Å². The van der Waals surface area contributed by atoms with E-state index >= 15 is 0 Å². The molecule has 0 fully saturated rings. The van der Waals surface area contributed by atoms with Crippen molar-refractivity contribution in [1.82, 2.24) is 0 Å². The normalized spacial score (nSPS) is 9.93. The fraction of sp³-hybridized carbons (Fsp3) is 0.0476. The van der Waals surface area contributed by atoms with Crippen molar-refractivity contribution in [3.8, 4) is 23.3 Å². The second-order valence-electron chi connectivity index (χ2n) is 5.79. The van der Waals surface area contributed by atoms with Crippen LogP contribution in [0.5, 0.6) is 0 Å². The van der Waals surface area contributed by atoms with Crippen molar-refractivity contribution in [2.75, 3.05) is 16.8 Å². The van der Waals surface area contributed by atoms with Crippen LogP contribution in [0.15, 0.2) is 65.7 Å². The van der Waals surface area contributed by atoms with E-state index in [2.05, 4.69) is 22.4 Å². The molecule has 7 heteroatoms. The predicted octanol–water partition coefficient (Wildman–Crippen LogP) is 3.22. The lowest BCUT2D eigenvalue weighted by atomic mass is 9.97. The largest absolute Gasteiger partial charge is 0.325 e.